The molecule has 15 heavy (non-hydrogen) atoms. The van der Waals surface area contributed by atoms with E-state index in [0.717, 1.165) is 19.4 Å². The second-order valence-electron chi connectivity index (χ2n) is 3.71. The van der Waals surface area contributed by atoms with Crippen molar-refractivity contribution in [1.29, 1.82) is 0 Å². The summed E-state index contributed by atoms with van der Waals surface area (Å²) < 4.78 is 23.6. The van der Waals surface area contributed by atoms with Crippen LogP contribution in [0.25, 0.3) is 0 Å². The molecule has 0 bridgehead atoms. The highest BCUT2D eigenvalue weighted by Crippen LogP contribution is 2.15. The van der Waals surface area contributed by atoms with Crippen LogP contribution in [0.4, 0.5) is 8.78 Å². The van der Waals surface area contributed by atoms with Crippen LogP contribution in [-0.2, 0) is 4.79 Å². The van der Waals surface area contributed by atoms with Gasteiger partial charge in [0.2, 0.25) is 5.91 Å². The second-order valence-corrected chi connectivity index (χ2v) is 3.71. The van der Waals surface area contributed by atoms with E-state index in [1.165, 1.54) is 0 Å². The van der Waals surface area contributed by atoms with Crippen LogP contribution < -0.4 is 10.6 Å². The molecule has 6 heteroatoms. The maximum absolute atomic E-state index is 11.8. The topological polar surface area (TPSA) is 41.1 Å². The van der Waals surface area contributed by atoms with Gasteiger partial charge in [0.15, 0.2) is 0 Å². The van der Waals surface area contributed by atoms with E-state index >= 15 is 0 Å². The Hall–Kier alpha value is -0.420. The number of piperidine rings is 1. The lowest BCUT2D eigenvalue weighted by Gasteiger charge is -2.26. The Bertz CT molecular complexity index is 205. The summed E-state index contributed by atoms with van der Waals surface area (Å²) in [6, 6.07) is 0.297. The average Bonchev–Trinajstić information content (AvgIpc) is 2.14. The number of rotatable bonds is 3. The fourth-order valence-electron chi connectivity index (χ4n) is 1.69. The lowest BCUT2D eigenvalue weighted by Crippen LogP contribution is -2.43. The number of nitrogens with one attached hydrogen (secondary N) is 2. The molecule has 1 heterocycles. The van der Waals surface area contributed by atoms with Crippen LogP contribution in [0.2, 0.25) is 0 Å². The molecule has 0 saturated carbocycles. The molecule has 1 aliphatic rings. The van der Waals surface area contributed by atoms with E-state index in [0.29, 0.717) is 6.04 Å². The highest BCUT2D eigenvalue weighted by molar-refractivity contribution is 5.85. The summed E-state index contributed by atoms with van der Waals surface area (Å²) in [4.78, 5) is 11.4. The van der Waals surface area contributed by atoms with E-state index < -0.39 is 13.0 Å². The van der Waals surface area contributed by atoms with Crippen molar-refractivity contribution >= 4 is 18.3 Å². The zero-order valence-corrected chi connectivity index (χ0v) is 9.45. The van der Waals surface area contributed by atoms with E-state index in [2.05, 4.69) is 10.6 Å². The lowest BCUT2D eigenvalue weighted by atomic mass is 9.92. The smallest absolute Gasteiger partial charge is 0.255 e. The summed E-state index contributed by atoms with van der Waals surface area (Å²) in [5, 5.41) is 5.46. The quantitative estimate of drug-likeness (QED) is 0.780. The van der Waals surface area contributed by atoms with Gasteiger partial charge in [-0.2, -0.15) is 0 Å². The molecule has 1 aliphatic heterocycles. The van der Waals surface area contributed by atoms with E-state index in [9.17, 15) is 13.6 Å². The molecule has 1 fully saturated rings. The summed E-state index contributed by atoms with van der Waals surface area (Å²) in [5.74, 6) is -0.344. The maximum atomic E-state index is 11.8. The third kappa shape index (κ3) is 5.28. The zero-order valence-electron chi connectivity index (χ0n) is 8.63. The Kier molecular flexibility index (Phi) is 6.76. The molecule has 0 aromatic heterocycles. The molecule has 1 amide bonds. The van der Waals surface area contributed by atoms with Gasteiger partial charge in [-0.15, -0.1) is 12.4 Å². The summed E-state index contributed by atoms with van der Waals surface area (Å²) in [5.41, 5.74) is 0. The number of carbonyl (C=O) groups is 1. The molecular weight excluding hydrogens is 226 g/mol. The van der Waals surface area contributed by atoms with Crippen LogP contribution in [0.15, 0.2) is 0 Å². The molecule has 0 unspecified atom stereocenters. The first-order chi connectivity index (χ1) is 6.59. The maximum Gasteiger partial charge on any atom is 0.255 e. The van der Waals surface area contributed by atoms with Crippen molar-refractivity contribution in [3.05, 3.63) is 0 Å². The number of hydrogen-bond acceptors (Lipinski definition) is 2. The van der Waals surface area contributed by atoms with Crippen molar-refractivity contribution in [2.45, 2.75) is 32.2 Å². The number of carbonyl (C=O) groups excluding carboxylic acids is 1. The largest absolute Gasteiger partial charge is 0.350 e. The van der Waals surface area contributed by atoms with Gasteiger partial charge < -0.3 is 10.6 Å². The van der Waals surface area contributed by atoms with Gasteiger partial charge in [0.05, 0.1) is 6.54 Å². The first kappa shape index (κ1) is 14.6. The second kappa shape index (κ2) is 6.95. The molecular formula is C9H17ClF2N2O. The first-order valence-corrected chi connectivity index (χ1v) is 4.89. The molecule has 2 atom stereocenters. The van der Waals surface area contributed by atoms with Gasteiger partial charge in [-0.05, 0) is 26.3 Å². The highest BCUT2D eigenvalue weighted by atomic mass is 35.5. The minimum absolute atomic E-state index is 0. The highest BCUT2D eigenvalue weighted by Gasteiger charge is 2.24. The van der Waals surface area contributed by atoms with Gasteiger partial charge >= 0.3 is 0 Å². The Morgan fingerprint density at radius 3 is 2.80 bits per heavy atom. The third-order valence-electron chi connectivity index (χ3n) is 2.43. The van der Waals surface area contributed by atoms with E-state index in [1.54, 1.807) is 0 Å². The monoisotopic (exact) mass is 242 g/mol. The first-order valence-electron chi connectivity index (χ1n) is 4.89. The molecule has 3 nitrogen and oxygen atoms in total. The molecule has 1 rings (SSSR count). The van der Waals surface area contributed by atoms with Crippen molar-refractivity contribution in [1.82, 2.24) is 10.6 Å². The Morgan fingerprint density at radius 1 is 1.60 bits per heavy atom. The van der Waals surface area contributed by atoms with E-state index in [1.807, 2.05) is 6.92 Å². The molecule has 2 N–H and O–H groups in total. The van der Waals surface area contributed by atoms with Crippen LogP contribution in [0.1, 0.15) is 19.8 Å². The zero-order chi connectivity index (χ0) is 10.6. The van der Waals surface area contributed by atoms with E-state index in [-0.39, 0.29) is 24.2 Å². The van der Waals surface area contributed by atoms with Gasteiger partial charge in [-0.3, -0.25) is 4.79 Å². The minimum atomic E-state index is -2.46. The van der Waals surface area contributed by atoms with Crippen molar-refractivity contribution in [3.63, 3.8) is 0 Å². The summed E-state index contributed by atoms with van der Waals surface area (Å²) >= 11 is 0. The molecule has 1 saturated heterocycles. The van der Waals surface area contributed by atoms with Crippen LogP contribution in [0.3, 0.4) is 0 Å². The van der Waals surface area contributed by atoms with Gasteiger partial charge in [0.1, 0.15) is 0 Å². The number of halogens is 3. The molecule has 0 spiro atoms. The Labute approximate surface area is 94.4 Å². The third-order valence-corrected chi connectivity index (χ3v) is 2.43. The number of alkyl halides is 2. The van der Waals surface area contributed by atoms with Crippen LogP contribution >= 0.6 is 12.4 Å². The predicted octanol–water partition coefficient (Wildman–Crippen LogP) is 1.18. The van der Waals surface area contributed by atoms with Crippen LogP contribution in [-0.4, -0.2) is 31.5 Å². The van der Waals surface area contributed by atoms with Gasteiger partial charge in [0.25, 0.3) is 6.43 Å². The van der Waals surface area contributed by atoms with E-state index in [4.69, 9.17) is 0 Å². The van der Waals surface area contributed by atoms with Gasteiger partial charge in [-0.1, -0.05) is 0 Å². The van der Waals surface area contributed by atoms with Crippen molar-refractivity contribution in [3.8, 4) is 0 Å². The lowest BCUT2D eigenvalue weighted by molar-refractivity contribution is -0.126. The summed E-state index contributed by atoms with van der Waals surface area (Å²) in [6.07, 6.45) is -0.993. The molecule has 0 aromatic rings. The van der Waals surface area contributed by atoms with Crippen LogP contribution in [0.5, 0.6) is 0 Å². The van der Waals surface area contributed by atoms with Crippen molar-refractivity contribution in [2.24, 2.45) is 5.92 Å². The normalized spacial score (nSPS) is 25.9. The predicted molar refractivity (Wildman–Crippen MR) is 56.5 cm³/mol. The molecule has 0 aliphatic carbocycles. The molecule has 90 valence electrons. The van der Waals surface area contributed by atoms with Crippen LogP contribution in [0, 0.1) is 5.92 Å². The Morgan fingerprint density at radius 2 is 2.27 bits per heavy atom. The average molecular weight is 243 g/mol. The van der Waals surface area contributed by atoms with Crippen molar-refractivity contribution < 1.29 is 13.6 Å². The fourth-order valence-corrected chi connectivity index (χ4v) is 1.69. The van der Waals surface area contributed by atoms with Crippen molar-refractivity contribution in [2.75, 3.05) is 13.1 Å². The number of hydrogen-bond donors (Lipinski definition) is 2. The number of amides is 1. The van der Waals surface area contributed by atoms with Gasteiger partial charge in [0, 0.05) is 12.0 Å². The SMILES string of the molecule is C[C@H]1C[C@@H](C(=O)NCC(F)F)CCN1.Cl. The Balaban J connectivity index is 0.00000196. The fraction of sp³-hybridized carbons (Fsp3) is 0.889. The molecule has 0 aromatic carbocycles. The standard InChI is InChI=1S/C9H16F2N2O.ClH/c1-6-4-7(2-3-12-6)9(14)13-5-8(10)11;/h6-8,12H,2-5H2,1H3,(H,13,14);1H/t6-,7-;/m0./s1. The molecule has 0 radical (unpaired) electrons. The summed E-state index contributed by atoms with van der Waals surface area (Å²) in [6.45, 7) is 2.25. The minimum Gasteiger partial charge on any atom is -0.350 e. The van der Waals surface area contributed by atoms with Gasteiger partial charge in [-0.25, -0.2) is 8.78 Å². The summed E-state index contributed by atoms with van der Waals surface area (Å²) in [7, 11) is 0.